The molecule has 1 unspecified atom stereocenters. The van der Waals surface area contributed by atoms with Crippen molar-refractivity contribution < 1.29 is 9.90 Å². The van der Waals surface area contributed by atoms with Crippen LogP contribution in [0.15, 0.2) is 0 Å². The summed E-state index contributed by atoms with van der Waals surface area (Å²) in [5.41, 5.74) is 5.47. The normalized spacial score (nSPS) is 12.3. The van der Waals surface area contributed by atoms with Gasteiger partial charge >= 0.3 is 0 Å². The van der Waals surface area contributed by atoms with Gasteiger partial charge in [0.1, 0.15) is 0 Å². The quantitative estimate of drug-likeness (QED) is 0.325. The van der Waals surface area contributed by atoms with Crippen LogP contribution >= 0.6 is 0 Å². The monoisotopic (exact) mass is 342 g/mol. The van der Waals surface area contributed by atoms with E-state index in [2.05, 4.69) is 5.32 Å². The molecule has 1 amide bonds. The molecular formula is C20H42N2O2. The molecule has 0 radical (unpaired) electrons. The molecule has 0 fully saturated rings. The maximum atomic E-state index is 10.7. The van der Waals surface area contributed by atoms with Crippen molar-refractivity contribution in [2.24, 2.45) is 5.73 Å². The summed E-state index contributed by atoms with van der Waals surface area (Å²) >= 11 is 0. The lowest BCUT2D eigenvalue weighted by Gasteiger charge is -2.10. The van der Waals surface area contributed by atoms with Gasteiger partial charge in [0.05, 0.1) is 6.10 Å². The second-order valence-electron chi connectivity index (χ2n) is 7.10. The minimum Gasteiger partial charge on any atom is -0.393 e. The lowest BCUT2D eigenvalue weighted by atomic mass is 10.0. The SMILES string of the molecule is CC(=O)NCCCCCCCCCCCC(O)CCCCCCN. The Morgan fingerprint density at radius 3 is 1.67 bits per heavy atom. The molecule has 1 atom stereocenters. The fourth-order valence-corrected chi connectivity index (χ4v) is 3.03. The van der Waals surface area contributed by atoms with Crippen molar-refractivity contribution in [2.45, 2.75) is 109 Å². The second kappa shape index (κ2) is 18.7. The molecule has 0 aliphatic heterocycles. The molecule has 0 rings (SSSR count). The first-order chi connectivity index (χ1) is 11.7. The van der Waals surface area contributed by atoms with Gasteiger partial charge in [-0.2, -0.15) is 0 Å². The first kappa shape index (κ1) is 23.4. The van der Waals surface area contributed by atoms with Gasteiger partial charge in [0, 0.05) is 13.5 Å². The minimum atomic E-state index is -0.0912. The van der Waals surface area contributed by atoms with Gasteiger partial charge in [-0.05, 0) is 32.2 Å². The summed E-state index contributed by atoms with van der Waals surface area (Å²) in [5, 5.41) is 12.8. The van der Waals surface area contributed by atoms with Crippen molar-refractivity contribution in [3.05, 3.63) is 0 Å². The number of rotatable bonds is 18. The van der Waals surface area contributed by atoms with Crippen molar-refractivity contribution in [3.63, 3.8) is 0 Å². The first-order valence-electron chi connectivity index (χ1n) is 10.3. The number of unbranched alkanes of at least 4 members (excludes halogenated alkanes) is 11. The van der Waals surface area contributed by atoms with E-state index >= 15 is 0 Å². The average Bonchev–Trinajstić information content (AvgIpc) is 2.55. The predicted octanol–water partition coefficient (Wildman–Crippen LogP) is 4.29. The fraction of sp³-hybridized carbons (Fsp3) is 0.950. The maximum absolute atomic E-state index is 10.7. The number of amides is 1. The third-order valence-electron chi connectivity index (χ3n) is 4.58. The molecule has 0 aliphatic carbocycles. The van der Waals surface area contributed by atoms with Gasteiger partial charge in [0.2, 0.25) is 5.91 Å². The number of hydrogen-bond donors (Lipinski definition) is 3. The van der Waals surface area contributed by atoms with E-state index in [4.69, 9.17) is 5.73 Å². The van der Waals surface area contributed by atoms with E-state index in [1.54, 1.807) is 6.92 Å². The number of hydrogen-bond acceptors (Lipinski definition) is 3. The molecule has 24 heavy (non-hydrogen) atoms. The molecule has 0 saturated carbocycles. The summed E-state index contributed by atoms with van der Waals surface area (Å²) < 4.78 is 0. The number of aliphatic hydroxyl groups excluding tert-OH is 1. The molecule has 4 N–H and O–H groups in total. The lowest BCUT2D eigenvalue weighted by molar-refractivity contribution is -0.118. The van der Waals surface area contributed by atoms with Crippen LogP contribution in [-0.2, 0) is 4.79 Å². The van der Waals surface area contributed by atoms with E-state index in [0.29, 0.717) is 0 Å². The van der Waals surface area contributed by atoms with Crippen LogP contribution in [0, 0.1) is 0 Å². The van der Waals surface area contributed by atoms with Gasteiger partial charge < -0.3 is 16.2 Å². The van der Waals surface area contributed by atoms with Crippen molar-refractivity contribution in [1.29, 1.82) is 0 Å². The van der Waals surface area contributed by atoms with Crippen LogP contribution in [-0.4, -0.2) is 30.2 Å². The van der Waals surface area contributed by atoms with E-state index in [-0.39, 0.29) is 12.0 Å². The van der Waals surface area contributed by atoms with Gasteiger partial charge in [0.25, 0.3) is 0 Å². The summed E-state index contributed by atoms with van der Waals surface area (Å²) in [4.78, 5) is 10.7. The summed E-state index contributed by atoms with van der Waals surface area (Å²) in [6.07, 6.45) is 17.8. The molecular weight excluding hydrogens is 300 g/mol. The van der Waals surface area contributed by atoms with Crippen LogP contribution < -0.4 is 11.1 Å². The molecule has 4 nitrogen and oxygen atoms in total. The van der Waals surface area contributed by atoms with Crippen molar-refractivity contribution >= 4 is 5.91 Å². The highest BCUT2D eigenvalue weighted by Gasteiger charge is 2.03. The summed E-state index contributed by atoms with van der Waals surface area (Å²) in [7, 11) is 0. The largest absolute Gasteiger partial charge is 0.393 e. The molecule has 0 heterocycles. The molecule has 0 saturated heterocycles. The Morgan fingerprint density at radius 2 is 1.21 bits per heavy atom. The number of nitrogens with two attached hydrogens (primary N) is 1. The minimum absolute atomic E-state index is 0.0757. The zero-order valence-corrected chi connectivity index (χ0v) is 16.0. The smallest absolute Gasteiger partial charge is 0.216 e. The Bertz CT molecular complexity index is 272. The summed E-state index contributed by atoms with van der Waals surface area (Å²) in [5.74, 6) is 0.0757. The predicted molar refractivity (Wildman–Crippen MR) is 103 cm³/mol. The van der Waals surface area contributed by atoms with E-state index in [1.165, 1.54) is 64.2 Å². The lowest BCUT2D eigenvalue weighted by Crippen LogP contribution is -2.20. The van der Waals surface area contributed by atoms with Gasteiger partial charge in [-0.3, -0.25) is 4.79 Å². The Balaban J connectivity index is 3.12. The van der Waals surface area contributed by atoms with Crippen LogP contribution in [0.5, 0.6) is 0 Å². The highest BCUT2D eigenvalue weighted by atomic mass is 16.3. The summed E-state index contributed by atoms with van der Waals surface area (Å²) in [6.45, 7) is 3.19. The average molecular weight is 343 g/mol. The molecule has 4 heteroatoms. The zero-order chi connectivity index (χ0) is 17.9. The van der Waals surface area contributed by atoms with Crippen molar-refractivity contribution in [3.8, 4) is 0 Å². The van der Waals surface area contributed by atoms with E-state index in [9.17, 15) is 9.90 Å². The van der Waals surface area contributed by atoms with Crippen LogP contribution in [0.4, 0.5) is 0 Å². The van der Waals surface area contributed by atoms with Gasteiger partial charge in [-0.15, -0.1) is 0 Å². The topological polar surface area (TPSA) is 75.3 Å². The van der Waals surface area contributed by atoms with Gasteiger partial charge in [-0.25, -0.2) is 0 Å². The Labute approximate surface area is 150 Å². The fourth-order valence-electron chi connectivity index (χ4n) is 3.03. The van der Waals surface area contributed by atoms with E-state index < -0.39 is 0 Å². The molecule has 0 aromatic carbocycles. The third kappa shape index (κ3) is 19.4. The first-order valence-corrected chi connectivity index (χ1v) is 10.3. The third-order valence-corrected chi connectivity index (χ3v) is 4.58. The van der Waals surface area contributed by atoms with Crippen LogP contribution in [0.1, 0.15) is 103 Å². The summed E-state index contributed by atoms with van der Waals surface area (Å²) in [6, 6.07) is 0. The van der Waals surface area contributed by atoms with Gasteiger partial charge in [0.15, 0.2) is 0 Å². The molecule has 0 spiro atoms. The van der Waals surface area contributed by atoms with Crippen LogP contribution in [0.25, 0.3) is 0 Å². The number of carbonyl (C=O) groups excluding carboxylic acids is 1. The Hall–Kier alpha value is -0.610. The van der Waals surface area contributed by atoms with Crippen LogP contribution in [0.3, 0.4) is 0 Å². The molecule has 0 aromatic heterocycles. The highest BCUT2D eigenvalue weighted by Crippen LogP contribution is 2.14. The van der Waals surface area contributed by atoms with Crippen molar-refractivity contribution in [2.75, 3.05) is 13.1 Å². The van der Waals surface area contributed by atoms with Crippen LogP contribution in [0.2, 0.25) is 0 Å². The molecule has 0 aliphatic rings. The number of nitrogens with one attached hydrogen (secondary N) is 1. The Morgan fingerprint density at radius 1 is 0.792 bits per heavy atom. The van der Waals surface area contributed by atoms with E-state index in [0.717, 1.165) is 45.2 Å². The molecule has 0 bridgehead atoms. The standard InChI is InChI=1S/C20H42N2O2/c1-19(23)22-18-14-10-6-4-2-3-5-7-11-15-20(24)16-12-8-9-13-17-21/h20,24H,2-18,21H2,1H3,(H,22,23). The Kier molecular flexibility index (Phi) is 18.2. The molecule has 144 valence electrons. The number of carbonyl (C=O) groups is 1. The number of aliphatic hydroxyl groups is 1. The van der Waals surface area contributed by atoms with E-state index in [1.807, 2.05) is 0 Å². The van der Waals surface area contributed by atoms with Crippen molar-refractivity contribution in [1.82, 2.24) is 5.32 Å². The second-order valence-corrected chi connectivity index (χ2v) is 7.10. The van der Waals surface area contributed by atoms with Gasteiger partial charge in [-0.1, -0.05) is 70.6 Å². The maximum Gasteiger partial charge on any atom is 0.216 e. The zero-order valence-electron chi connectivity index (χ0n) is 16.0. The molecule has 0 aromatic rings. The highest BCUT2D eigenvalue weighted by molar-refractivity contribution is 5.72.